The van der Waals surface area contributed by atoms with Gasteiger partial charge in [-0.25, -0.2) is 0 Å². The summed E-state index contributed by atoms with van der Waals surface area (Å²) < 4.78 is 5.42. The van der Waals surface area contributed by atoms with Crippen LogP contribution in [-0.2, 0) is 11.2 Å². The Morgan fingerprint density at radius 1 is 1.03 bits per heavy atom. The molecule has 0 bridgehead atoms. The molecule has 0 radical (unpaired) electrons. The molecule has 2 aromatic rings. The highest BCUT2D eigenvalue weighted by molar-refractivity contribution is 6.02. The third-order valence-electron chi connectivity index (χ3n) is 7.66. The summed E-state index contributed by atoms with van der Waals surface area (Å²) in [6, 6.07) is 11.9. The molecular formula is C26H32N2O3. The predicted molar refractivity (Wildman–Crippen MR) is 119 cm³/mol. The van der Waals surface area contributed by atoms with Crippen molar-refractivity contribution in [1.29, 1.82) is 0 Å². The van der Waals surface area contributed by atoms with Gasteiger partial charge in [-0.05, 0) is 49.4 Å². The van der Waals surface area contributed by atoms with Crippen LogP contribution in [0.5, 0.6) is 0 Å². The molecule has 3 aliphatic rings. The van der Waals surface area contributed by atoms with Crippen LogP contribution in [0, 0.1) is 0 Å². The Kier molecular flexibility index (Phi) is 5.59. The van der Waals surface area contributed by atoms with E-state index in [2.05, 4.69) is 10.2 Å². The fourth-order valence-electron chi connectivity index (χ4n) is 6.34. The van der Waals surface area contributed by atoms with Gasteiger partial charge in [0.15, 0.2) is 0 Å². The second kappa shape index (κ2) is 8.52. The Bertz CT molecular complexity index is 924. The van der Waals surface area contributed by atoms with Crippen LogP contribution in [0.15, 0.2) is 47.1 Å². The van der Waals surface area contributed by atoms with Crippen molar-refractivity contribution in [1.82, 2.24) is 10.2 Å². The largest absolute Gasteiger partial charge is 0.469 e. The minimum absolute atomic E-state index is 0.0502. The lowest BCUT2D eigenvalue weighted by molar-refractivity contribution is -0.127. The van der Waals surface area contributed by atoms with Crippen LogP contribution >= 0.6 is 0 Å². The molecule has 5 heteroatoms. The molecular weight excluding hydrogens is 388 g/mol. The molecule has 2 amide bonds. The molecule has 1 unspecified atom stereocenters. The van der Waals surface area contributed by atoms with Crippen molar-refractivity contribution < 1.29 is 14.0 Å². The highest BCUT2D eigenvalue weighted by Crippen LogP contribution is 2.52. The highest BCUT2D eigenvalue weighted by Gasteiger charge is 2.57. The van der Waals surface area contributed by atoms with Crippen molar-refractivity contribution in [3.8, 4) is 0 Å². The minimum atomic E-state index is -0.387. The monoisotopic (exact) mass is 420 g/mol. The third-order valence-corrected chi connectivity index (χ3v) is 7.66. The number of carbonyl (C=O) groups excluding carboxylic acids is 2. The van der Waals surface area contributed by atoms with Crippen molar-refractivity contribution in [3.63, 3.8) is 0 Å². The smallest absolute Gasteiger partial charge is 0.254 e. The van der Waals surface area contributed by atoms with E-state index in [0.717, 1.165) is 55.4 Å². The lowest BCUT2D eigenvalue weighted by atomic mass is 9.69. The number of benzene rings is 1. The Morgan fingerprint density at radius 2 is 1.81 bits per heavy atom. The summed E-state index contributed by atoms with van der Waals surface area (Å²) in [6.45, 7) is 0.540. The molecule has 1 aromatic heterocycles. The van der Waals surface area contributed by atoms with E-state index in [1.165, 1.54) is 19.3 Å². The molecule has 2 heterocycles. The number of hydrogen-bond acceptors (Lipinski definition) is 3. The Balaban J connectivity index is 1.49. The van der Waals surface area contributed by atoms with Crippen molar-refractivity contribution in [3.05, 3.63) is 59.5 Å². The quantitative estimate of drug-likeness (QED) is 0.754. The molecule has 31 heavy (non-hydrogen) atoms. The van der Waals surface area contributed by atoms with E-state index in [-0.39, 0.29) is 29.3 Å². The molecule has 2 saturated carbocycles. The normalized spacial score (nSPS) is 23.2. The zero-order valence-electron chi connectivity index (χ0n) is 18.1. The standard InChI is InChI=1S/C26H32N2O3/c29-24(27-17-14-20-11-8-18-31-20)23-21-12-4-5-13-22(21)25(30)28(19-9-2-1-3-10-19)26(23)15-6-7-16-26/h4-5,8,11-13,18-19,23H,1-3,6-7,9-10,14-17H2,(H,27,29). The van der Waals surface area contributed by atoms with E-state index >= 15 is 0 Å². The van der Waals surface area contributed by atoms with Gasteiger partial charge < -0.3 is 14.6 Å². The van der Waals surface area contributed by atoms with Crippen LogP contribution < -0.4 is 5.32 Å². The van der Waals surface area contributed by atoms with Crippen molar-refractivity contribution >= 4 is 11.8 Å². The Labute approximate surface area is 184 Å². The van der Waals surface area contributed by atoms with Crippen molar-refractivity contribution in [2.45, 2.75) is 81.7 Å². The number of hydrogen-bond donors (Lipinski definition) is 1. The van der Waals surface area contributed by atoms with Gasteiger partial charge in [-0.2, -0.15) is 0 Å². The van der Waals surface area contributed by atoms with E-state index in [0.29, 0.717) is 13.0 Å². The fourth-order valence-corrected chi connectivity index (χ4v) is 6.34. The van der Waals surface area contributed by atoms with Crippen LogP contribution in [-0.4, -0.2) is 34.8 Å². The van der Waals surface area contributed by atoms with Gasteiger partial charge in [-0.1, -0.05) is 50.3 Å². The molecule has 1 atom stereocenters. The summed E-state index contributed by atoms with van der Waals surface area (Å²) in [6.07, 6.45) is 12.0. The zero-order valence-corrected chi connectivity index (χ0v) is 18.1. The van der Waals surface area contributed by atoms with Crippen LogP contribution in [0.1, 0.15) is 85.4 Å². The lowest BCUT2D eigenvalue weighted by Gasteiger charge is -2.54. The third kappa shape index (κ3) is 3.58. The molecule has 164 valence electrons. The fraction of sp³-hybridized carbons (Fsp3) is 0.538. The molecule has 0 saturated heterocycles. The average molecular weight is 421 g/mol. The summed E-state index contributed by atoms with van der Waals surface area (Å²) in [4.78, 5) is 29.7. The number of rotatable bonds is 5. The summed E-state index contributed by atoms with van der Waals surface area (Å²) >= 11 is 0. The second-order valence-electron chi connectivity index (χ2n) is 9.42. The van der Waals surface area contributed by atoms with Gasteiger partial charge >= 0.3 is 0 Å². The maximum absolute atomic E-state index is 13.8. The first-order valence-corrected chi connectivity index (χ1v) is 11.9. The maximum atomic E-state index is 13.8. The summed E-state index contributed by atoms with van der Waals surface area (Å²) in [5.41, 5.74) is 1.25. The Morgan fingerprint density at radius 3 is 2.55 bits per heavy atom. The summed E-state index contributed by atoms with van der Waals surface area (Å²) in [7, 11) is 0. The maximum Gasteiger partial charge on any atom is 0.254 e. The van der Waals surface area contributed by atoms with Crippen molar-refractivity contribution in [2.24, 2.45) is 0 Å². The van der Waals surface area contributed by atoms with Gasteiger partial charge in [0, 0.05) is 24.6 Å². The molecule has 1 N–H and O–H groups in total. The van der Waals surface area contributed by atoms with Gasteiger partial charge in [0.1, 0.15) is 5.76 Å². The van der Waals surface area contributed by atoms with Gasteiger partial charge in [-0.15, -0.1) is 0 Å². The number of fused-ring (bicyclic) bond motifs is 1. The molecule has 1 spiro atoms. The second-order valence-corrected chi connectivity index (χ2v) is 9.42. The van der Waals surface area contributed by atoms with Gasteiger partial charge in [0.25, 0.3) is 5.91 Å². The molecule has 5 nitrogen and oxygen atoms in total. The number of furan rings is 1. The zero-order chi connectivity index (χ0) is 21.3. The molecule has 1 aliphatic heterocycles. The number of nitrogens with one attached hydrogen (secondary N) is 1. The lowest BCUT2D eigenvalue weighted by Crippen LogP contribution is -2.63. The van der Waals surface area contributed by atoms with E-state index in [1.54, 1.807) is 6.26 Å². The van der Waals surface area contributed by atoms with Crippen LogP contribution in [0.25, 0.3) is 0 Å². The number of carbonyl (C=O) groups is 2. The topological polar surface area (TPSA) is 62.6 Å². The first-order valence-electron chi connectivity index (χ1n) is 11.9. The number of nitrogens with zero attached hydrogens (tertiary/aromatic N) is 1. The van der Waals surface area contributed by atoms with E-state index in [1.807, 2.05) is 36.4 Å². The average Bonchev–Trinajstić information content (AvgIpc) is 3.48. The molecule has 5 rings (SSSR count). The SMILES string of the molecule is O=C(NCCc1ccco1)C1c2ccccc2C(=O)N(C2CCCCC2)C12CCCC2. The van der Waals surface area contributed by atoms with Crippen LogP contribution in [0.4, 0.5) is 0 Å². The van der Waals surface area contributed by atoms with Crippen molar-refractivity contribution in [2.75, 3.05) is 6.54 Å². The molecule has 2 aliphatic carbocycles. The van der Waals surface area contributed by atoms with Crippen LogP contribution in [0.2, 0.25) is 0 Å². The molecule has 2 fully saturated rings. The molecule has 1 aromatic carbocycles. The van der Waals surface area contributed by atoms with E-state index < -0.39 is 0 Å². The summed E-state index contributed by atoms with van der Waals surface area (Å²) in [5.74, 6) is 0.764. The first-order chi connectivity index (χ1) is 15.2. The van der Waals surface area contributed by atoms with Crippen LogP contribution in [0.3, 0.4) is 0 Å². The van der Waals surface area contributed by atoms with Gasteiger partial charge in [0.05, 0.1) is 17.7 Å². The highest BCUT2D eigenvalue weighted by atomic mass is 16.3. The number of amides is 2. The Hall–Kier alpha value is -2.56. The summed E-state index contributed by atoms with van der Waals surface area (Å²) in [5, 5.41) is 3.18. The van der Waals surface area contributed by atoms with E-state index in [4.69, 9.17) is 4.42 Å². The van der Waals surface area contributed by atoms with E-state index in [9.17, 15) is 9.59 Å². The van der Waals surface area contributed by atoms with Gasteiger partial charge in [0.2, 0.25) is 5.91 Å². The predicted octanol–water partition coefficient (Wildman–Crippen LogP) is 4.82. The van der Waals surface area contributed by atoms with Gasteiger partial charge in [-0.3, -0.25) is 9.59 Å². The first kappa shape index (κ1) is 20.3. The minimum Gasteiger partial charge on any atom is -0.469 e.